The largest absolute Gasteiger partial charge is 0.497 e. The molecule has 2 rings (SSSR count). The zero-order chi connectivity index (χ0) is 18.3. The number of carbonyl (C=O) groups is 1. The van der Waals surface area contributed by atoms with Crippen molar-refractivity contribution >= 4 is 19.9 Å². The molecule has 5 nitrogen and oxygen atoms in total. The van der Waals surface area contributed by atoms with Gasteiger partial charge in [-0.3, -0.25) is 9.69 Å². The Morgan fingerprint density at radius 2 is 1.75 bits per heavy atom. The van der Waals surface area contributed by atoms with Gasteiger partial charge in [0.25, 0.3) is 0 Å². The van der Waals surface area contributed by atoms with E-state index in [2.05, 4.69) is 33.9 Å². The molecular weight excluding hydrogens is 322 g/mol. The van der Waals surface area contributed by atoms with Gasteiger partial charge in [-0.05, 0) is 49.3 Å². The summed E-state index contributed by atoms with van der Waals surface area (Å²) in [4.78, 5) is 14.0. The molecule has 1 saturated heterocycles. The van der Waals surface area contributed by atoms with Crippen molar-refractivity contribution < 1.29 is 19.1 Å². The summed E-state index contributed by atoms with van der Waals surface area (Å²) in [6, 6.07) is 7.10. The molecule has 0 aliphatic carbocycles. The van der Waals surface area contributed by atoms with E-state index in [1.807, 2.05) is 6.92 Å². The van der Waals surface area contributed by atoms with Crippen LogP contribution in [-0.4, -0.2) is 38.8 Å². The Hall–Kier alpha value is -1.37. The van der Waals surface area contributed by atoms with Crippen molar-refractivity contribution in [3.63, 3.8) is 0 Å². The Balaban J connectivity index is 2.08. The number of anilines is 1. The molecule has 0 radical (unpaired) electrons. The summed E-state index contributed by atoms with van der Waals surface area (Å²) in [7, 11) is -0.393. The zero-order valence-electron chi connectivity index (χ0n) is 15.7. The number of carbonyl (C=O) groups excluding carboxylic acids is 1. The van der Waals surface area contributed by atoms with Gasteiger partial charge in [0, 0.05) is 5.69 Å². The predicted octanol–water partition coefficient (Wildman–Crippen LogP) is 3.39. The molecule has 24 heavy (non-hydrogen) atoms. The highest BCUT2D eigenvalue weighted by molar-refractivity contribution is 6.74. The molecule has 0 spiro atoms. The van der Waals surface area contributed by atoms with Crippen molar-refractivity contribution in [2.45, 2.75) is 58.2 Å². The van der Waals surface area contributed by atoms with Crippen LogP contribution in [0.5, 0.6) is 5.75 Å². The number of nitrogens with zero attached hydrogens (tertiary/aromatic N) is 1. The number of benzene rings is 1. The van der Waals surface area contributed by atoms with Crippen molar-refractivity contribution in [2.75, 3.05) is 12.0 Å². The van der Waals surface area contributed by atoms with Crippen LogP contribution in [0.15, 0.2) is 24.3 Å². The number of hydrogen-bond donors (Lipinski definition) is 1. The molecule has 0 bridgehead atoms. The first-order valence-corrected chi connectivity index (χ1v) is 11.2. The van der Waals surface area contributed by atoms with Gasteiger partial charge in [-0.15, -0.1) is 0 Å². The van der Waals surface area contributed by atoms with Gasteiger partial charge in [0.1, 0.15) is 17.9 Å². The highest BCUT2D eigenvalue weighted by atomic mass is 28.4. The smallest absolute Gasteiger partial charge is 0.239 e. The topological polar surface area (TPSA) is 59.0 Å². The van der Waals surface area contributed by atoms with Crippen LogP contribution < -0.4 is 9.64 Å². The van der Waals surface area contributed by atoms with Crippen LogP contribution in [0, 0.1) is 5.92 Å². The first-order valence-electron chi connectivity index (χ1n) is 8.32. The highest BCUT2D eigenvalue weighted by Gasteiger charge is 2.52. The van der Waals surface area contributed by atoms with Crippen LogP contribution >= 0.6 is 0 Å². The fraction of sp³-hybridized carbons (Fsp3) is 0.611. The fourth-order valence-electron chi connectivity index (χ4n) is 2.68. The van der Waals surface area contributed by atoms with Gasteiger partial charge >= 0.3 is 0 Å². The van der Waals surface area contributed by atoms with Crippen molar-refractivity contribution in [1.29, 1.82) is 0 Å². The number of aliphatic hydroxyl groups is 1. The van der Waals surface area contributed by atoms with E-state index in [1.165, 1.54) is 4.90 Å². The fourth-order valence-corrected chi connectivity index (χ4v) is 4.11. The molecule has 0 saturated carbocycles. The molecule has 1 N–H and O–H groups in total. The number of ether oxygens (including phenoxy) is 1. The highest BCUT2D eigenvalue weighted by Crippen LogP contribution is 2.41. The Kier molecular flexibility index (Phi) is 5.13. The summed E-state index contributed by atoms with van der Waals surface area (Å²) >= 11 is 0. The quantitative estimate of drug-likeness (QED) is 0.652. The van der Waals surface area contributed by atoms with E-state index in [9.17, 15) is 9.90 Å². The van der Waals surface area contributed by atoms with E-state index in [4.69, 9.17) is 9.16 Å². The minimum Gasteiger partial charge on any atom is -0.497 e. The van der Waals surface area contributed by atoms with Crippen molar-refractivity contribution in [1.82, 2.24) is 0 Å². The lowest BCUT2D eigenvalue weighted by molar-refractivity contribution is -0.145. The van der Waals surface area contributed by atoms with Crippen molar-refractivity contribution in [3.05, 3.63) is 24.3 Å². The number of methoxy groups -OCH3 is 1. The molecule has 1 fully saturated rings. The van der Waals surface area contributed by atoms with Gasteiger partial charge in [-0.2, -0.15) is 0 Å². The molecule has 1 amide bonds. The number of amides is 1. The van der Waals surface area contributed by atoms with Crippen molar-refractivity contribution in [2.24, 2.45) is 5.92 Å². The Morgan fingerprint density at radius 1 is 1.21 bits per heavy atom. The summed E-state index contributed by atoms with van der Waals surface area (Å²) in [6.07, 6.45) is -1.16. The second kappa shape index (κ2) is 6.50. The number of aliphatic hydroxyl groups excluding tert-OH is 1. The number of hydrogen-bond acceptors (Lipinski definition) is 4. The van der Waals surface area contributed by atoms with Gasteiger partial charge in [-0.25, -0.2) is 0 Å². The molecule has 1 aliphatic heterocycles. The molecule has 3 atom stereocenters. The summed E-state index contributed by atoms with van der Waals surface area (Å²) in [5.41, 5.74) is 0.670. The summed E-state index contributed by atoms with van der Waals surface area (Å²) in [5.74, 6) is 0.104. The second-order valence-electron chi connectivity index (χ2n) is 7.93. The van der Waals surface area contributed by atoms with E-state index >= 15 is 0 Å². The minimum atomic E-state index is -1.98. The monoisotopic (exact) mass is 351 g/mol. The maximum Gasteiger partial charge on any atom is 0.239 e. The maximum atomic E-state index is 12.6. The third-order valence-electron chi connectivity index (χ3n) is 5.25. The van der Waals surface area contributed by atoms with Crippen LogP contribution in [0.1, 0.15) is 27.7 Å². The maximum absolute atomic E-state index is 12.6. The van der Waals surface area contributed by atoms with Gasteiger partial charge < -0.3 is 14.3 Å². The second-order valence-corrected chi connectivity index (χ2v) is 12.7. The molecule has 134 valence electrons. The van der Waals surface area contributed by atoms with Crippen LogP contribution in [0.2, 0.25) is 18.1 Å². The molecule has 0 unspecified atom stereocenters. The molecule has 1 aromatic rings. The van der Waals surface area contributed by atoms with E-state index in [-0.39, 0.29) is 17.0 Å². The van der Waals surface area contributed by atoms with E-state index in [1.54, 1.807) is 31.4 Å². The van der Waals surface area contributed by atoms with E-state index < -0.39 is 20.5 Å². The van der Waals surface area contributed by atoms with Crippen LogP contribution in [0.4, 0.5) is 5.69 Å². The van der Waals surface area contributed by atoms with Gasteiger partial charge in [0.2, 0.25) is 5.91 Å². The molecule has 1 heterocycles. The predicted molar refractivity (Wildman–Crippen MR) is 97.7 cm³/mol. The summed E-state index contributed by atoms with van der Waals surface area (Å²) < 4.78 is 11.4. The molecular formula is C18H29NO4Si. The Morgan fingerprint density at radius 3 is 2.17 bits per heavy atom. The lowest BCUT2D eigenvalue weighted by Gasteiger charge is -2.48. The Labute approximate surface area is 145 Å². The molecule has 1 aliphatic rings. The standard InChI is InChI=1S/C18H29NO4Si/c1-12(23-24(6,7)18(2,3)4)15-16(20)19(17(15)21)13-8-10-14(22-5)11-9-13/h8-12,15-16,20H,1-7H3/t12-,15-,16-/m1/s1. The third-order valence-corrected chi connectivity index (χ3v) is 9.82. The van der Waals surface area contributed by atoms with E-state index in [0.29, 0.717) is 11.4 Å². The molecule has 0 aromatic heterocycles. The molecule has 1 aromatic carbocycles. The SMILES string of the molecule is COc1ccc(N2C(=O)[C@H]([C@@H](C)O[Si](C)(C)C(C)(C)C)[C@H]2O)cc1. The normalized spacial score (nSPS) is 23.0. The van der Waals surface area contributed by atoms with E-state index in [0.717, 1.165) is 0 Å². The first-order chi connectivity index (χ1) is 11.0. The van der Waals surface area contributed by atoms with Crippen LogP contribution in [0.25, 0.3) is 0 Å². The third kappa shape index (κ3) is 3.36. The average Bonchev–Trinajstić information content (AvgIpc) is 2.46. The zero-order valence-corrected chi connectivity index (χ0v) is 16.7. The lowest BCUT2D eigenvalue weighted by atomic mass is 9.90. The summed E-state index contributed by atoms with van der Waals surface area (Å²) in [5, 5.41) is 10.6. The van der Waals surface area contributed by atoms with Crippen LogP contribution in [0.3, 0.4) is 0 Å². The van der Waals surface area contributed by atoms with Crippen LogP contribution in [-0.2, 0) is 9.22 Å². The van der Waals surface area contributed by atoms with Gasteiger partial charge in [0.05, 0.1) is 13.2 Å². The number of rotatable bonds is 5. The average molecular weight is 352 g/mol. The summed E-state index contributed by atoms with van der Waals surface area (Å²) in [6.45, 7) is 12.7. The molecule has 6 heteroatoms. The first kappa shape index (κ1) is 19.0. The van der Waals surface area contributed by atoms with Gasteiger partial charge in [-0.1, -0.05) is 20.8 Å². The Bertz CT molecular complexity index is 594. The van der Waals surface area contributed by atoms with Crippen molar-refractivity contribution in [3.8, 4) is 5.75 Å². The number of β-lactam (4-membered cyclic amide) rings is 1. The van der Waals surface area contributed by atoms with Gasteiger partial charge in [0.15, 0.2) is 8.32 Å². The lowest BCUT2D eigenvalue weighted by Crippen LogP contribution is -2.66. The minimum absolute atomic E-state index is 0.0642.